The monoisotopic (exact) mass is 1020 g/mol. The molecule has 0 aromatic heterocycles. The predicted octanol–water partition coefficient (Wildman–Crippen LogP) is 7.70. The lowest BCUT2D eigenvalue weighted by atomic mass is 10.2. The molecular weight excluding hydrogens is 966 g/mol. The van der Waals surface area contributed by atoms with Crippen molar-refractivity contribution >= 4 is 91.4 Å². The normalized spacial score (nSPS) is 13.9. The highest BCUT2D eigenvalue weighted by Crippen LogP contribution is 2.15. The maximum absolute atomic E-state index is 12.5. The van der Waals surface area contributed by atoms with E-state index >= 15 is 0 Å². The molecule has 0 bridgehead atoms. The molecule has 2 fully saturated rings. The van der Waals surface area contributed by atoms with Gasteiger partial charge in [-0.1, -0.05) is 28.1 Å². The number of alkyl halides is 1. The van der Waals surface area contributed by atoms with E-state index in [1.54, 1.807) is 23.1 Å². The second-order valence-corrected chi connectivity index (χ2v) is 15.5. The third-order valence-electron chi connectivity index (χ3n) is 7.07. The molecule has 51 heavy (non-hydrogen) atoms. The van der Waals surface area contributed by atoms with E-state index in [0.717, 1.165) is 72.3 Å². The van der Waals surface area contributed by atoms with E-state index in [4.69, 9.17) is 19.9 Å². The van der Waals surface area contributed by atoms with Crippen LogP contribution in [0.15, 0.2) is 72.8 Å². The maximum atomic E-state index is 12.5. The molecule has 4 rings (SSSR count). The van der Waals surface area contributed by atoms with Gasteiger partial charge < -0.3 is 34.6 Å². The van der Waals surface area contributed by atoms with E-state index in [1.165, 1.54) is 3.57 Å². The van der Waals surface area contributed by atoms with Crippen molar-refractivity contribution in [3.63, 3.8) is 0 Å². The standard InChI is InChI=1S/C21H29IN2O4.C8H12BrNO.C8H10INO.ClH/c1-21(2,3)28-20(26)24(14-6-7-19(25)23-12-4-5-13-23)15-16-27-18-10-8-17(22)9-11-18;9-5-3-4-8(11)10-6-1-2-7-10;9-7-1-3-8(4-2-7)11-6-5-10;/h6-11H,4-5,12-16H2,1-3H3;3-4H,1-2,5-7H2;1-4H,5-6,10H2;1H/b7-6+;4-3+;;. The first-order valence-corrected chi connectivity index (χ1v) is 20.1. The average Bonchev–Trinajstić information content (AvgIpc) is 3.83. The Labute approximate surface area is 345 Å². The van der Waals surface area contributed by atoms with Crippen LogP contribution in [0.2, 0.25) is 0 Å². The molecular formula is C37H52BrClI2N4O6. The van der Waals surface area contributed by atoms with Gasteiger partial charge in [0.15, 0.2) is 0 Å². The maximum Gasteiger partial charge on any atom is 0.410 e. The number of nitrogens with zero attached hydrogens (tertiary/aromatic N) is 3. The minimum atomic E-state index is -0.582. The van der Waals surface area contributed by atoms with E-state index in [9.17, 15) is 14.4 Å². The molecule has 284 valence electrons. The molecule has 0 saturated carbocycles. The van der Waals surface area contributed by atoms with Crippen molar-refractivity contribution in [2.24, 2.45) is 5.73 Å². The molecule has 2 saturated heterocycles. The summed E-state index contributed by atoms with van der Waals surface area (Å²) >= 11 is 7.72. The molecule has 2 aromatic carbocycles. The van der Waals surface area contributed by atoms with Gasteiger partial charge in [0.05, 0.1) is 6.54 Å². The summed E-state index contributed by atoms with van der Waals surface area (Å²) in [6.45, 7) is 11.1. The highest BCUT2D eigenvalue weighted by atomic mass is 127. The molecule has 2 aliphatic rings. The Morgan fingerprint density at radius 3 is 1.63 bits per heavy atom. The Morgan fingerprint density at radius 2 is 1.22 bits per heavy atom. The van der Waals surface area contributed by atoms with E-state index in [1.807, 2.05) is 85.2 Å². The number of hydrogen-bond donors (Lipinski definition) is 1. The van der Waals surface area contributed by atoms with Gasteiger partial charge in [0.1, 0.15) is 30.3 Å². The second-order valence-electron chi connectivity index (χ2n) is 12.3. The number of nitrogens with two attached hydrogens (primary N) is 1. The molecule has 0 unspecified atom stereocenters. The number of ether oxygens (including phenoxy) is 3. The first-order valence-electron chi connectivity index (χ1n) is 16.8. The lowest BCUT2D eigenvalue weighted by molar-refractivity contribution is -0.125. The van der Waals surface area contributed by atoms with Gasteiger partial charge in [0.25, 0.3) is 0 Å². The van der Waals surface area contributed by atoms with Crippen LogP contribution in [0.25, 0.3) is 0 Å². The topological polar surface area (TPSA) is 115 Å². The fraction of sp³-hybridized carbons (Fsp3) is 0.486. The second kappa shape index (κ2) is 26.6. The van der Waals surface area contributed by atoms with E-state index < -0.39 is 11.7 Å². The van der Waals surface area contributed by atoms with Crippen LogP contribution in [0.5, 0.6) is 11.5 Å². The molecule has 0 aliphatic carbocycles. The molecule has 0 atom stereocenters. The molecule has 3 amide bonds. The van der Waals surface area contributed by atoms with Gasteiger partial charge in [-0.05, 0) is 146 Å². The number of amides is 3. The Hall–Kier alpha value is -2.08. The van der Waals surface area contributed by atoms with Gasteiger partial charge in [-0.15, -0.1) is 12.4 Å². The van der Waals surface area contributed by atoms with Gasteiger partial charge in [0, 0.05) is 57.8 Å². The van der Waals surface area contributed by atoms with Crippen LogP contribution in [0.3, 0.4) is 0 Å². The Balaban J connectivity index is 0.000000462. The third-order valence-corrected chi connectivity index (χ3v) is 8.88. The summed E-state index contributed by atoms with van der Waals surface area (Å²) in [6, 6.07) is 15.6. The van der Waals surface area contributed by atoms with Gasteiger partial charge in [-0.3, -0.25) is 9.59 Å². The molecule has 0 spiro atoms. The zero-order chi connectivity index (χ0) is 36.8. The number of allylic oxidation sites excluding steroid dienone is 1. The number of hydrogen-bond acceptors (Lipinski definition) is 7. The Morgan fingerprint density at radius 1 is 0.784 bits per heavy atom. The summed E-state index contributed by atoms with van der Waals surface area (Å²) in [5, 5.41) is 0.757. The summed E-state index contributed by atoms with van der Waals surface area (Å²) in [5.74, 6) is 1.79. The number of rotatable bonds is 12. The number of carbonyl (C=O) groups is 3. The fourth-order valence-electron chi connectivity index (χ4n) is 4.61. The molecule has 0 radical (unpaired) electrons. The summed E-state index contributed by atoms with van der Waals surface area (Å²) in [7, 11) is 0. The number of likely N-dealkylation sites (tertiary alicyclic amines) is 2. The van der Waals surface area contributed by atoms with Crippen molar-refractivity contribution in [2.75, 3.05) is 64.4 Å². The van der Waals surface area contributed by atoms with Gasteiger partial charge in [0.2, 0.25) is 11.8 Å². The van der Waals surface area contributed by atoms with Crippen molar-refractivity contribution in [1.82, 2.24) is 14.7 Å². The van der Waals surface area contributed by atoms with Crippen molar-refractivity contribution in [3.8, 4) is 11.5 Å². The Kier molecular flexibility index (Phi) is 24.5. The molecule has 2 heterocycles. The summed E-state index contributed by atoms with van der Waals surface area (Å²) < 4.78 is 18.8. The van der Waals surface area contributed by atoms with Crippen molar-refractivity contribution < 1.29 is 28.6 Å². The van der Waals surface area contributed by atoms with E-state index in [-0.39, 0.29) is 24.2 Å². The van der Waals surface area contributed by atoms with Gasteiger partial charge in [-0.2, -0.15) is 0 Å². The van der Waals surface area contributed by atoms with Crippen LogP contribution in [-0.4, -0.2) is 103 Å². The first-order chi connectivity index (χ1) is 23.9. The molecule has 2 aromatic rings. The molecule has 14 heteroatoms. The lowest BCUT2D eigenvalue weighted by Gasteiger charge is -2.26. The summed E-state index contributed by atoms with van der Waals surface area (Å²) in [6.07, 6.45) is 10.7. The number of halogens is 4. The molecule has 2 N–H and O–H groups in total. The minimum Gasteiger partial charge on any atom is -0.492 e. The summed E-state index contributed by atoms with van der Waals surface area (Å²) in [5.41, 5.74) is 4.70. The zero-order valence-corrected chi connectivity index (χ0v) is 36.5. The minimum absolute atomic E-state index is 0. The van der Waals surface area contributed by atoms with Crippen molar-refractivity contribution in [1.29, 1.82) is 0 Å². The van der Waals surface area contributed by atoms with Gasteiger partial charge in [-0.25, -0.2) is 4.79 Å². The van der Waals surface area contributed by atoms with Crippen molar-refractivity contribution in [2.45, 2.75) is 52.1 Å². The molecule has 2 aliphatic heterocycles. The third kappa shape index (κ3) is 21.3. The van der Waals surface area contributed by atoms with E-state index in [2.05, 4.69) is 61.1 Å². The van der Waals surface area contributed by atoms with Crippen molar-refractivity contribution in [3.05, 3.63) is 80.0 Å². The number of carbonyl (C=O) groups excluding carboxylic acids is 3. The zero-order valence-electron chi connectivity index (χ0n) is 29.7. The number of benzene rings is 2. The average molecular weight is 1020 g/mol. The van der Waals surface area contributed by atoms with Crippen LogP contribution in [0, 0.1) is 7.14 Å². The van der Waals surface area contributed by atoms with Crippen LogP contribution >= 0.6 is 73.5 Å². The van der Waals surface area contributed by atoms with E-state index in [0.29, 0.717) is 32.8 Å². The van der Waals surface area contributed by atoms with Crippen LogP contribution in [0.4, 0.5) is 4.79 Å². The SMILES string of the molecule is CC(C)(C)OC(=O)N(C/C=C/C(=O)N1CCCC1)CCOc1ccc(I)cc1.Cl.NCCOc1ccc(I)cc1.O=C(/C=C/CBr)N1CCCC1. The fourth-order valence-corrected chi connectivity index (χ4v) is 5.51. The van der Waals surface area contributed by atoms with Gasteiger partial charge >= 0.3 is 6.09 Å². The van der Waals surface area contributed by atoms with Crippen LogP contribution < -0.4 is 15.2 Å². The quantitative estimate of drug-likeness (QED) is 0.132. The predicted molar refractivity (Wildman–Crippen MR) is 227 cm³/mol. The Bertz CT molecular complexity index is 1350. The highest BCUT2D eigenvalue weighted by Gasteiger charge is 2.22. The smallest absolute Gasteiger partial charge is 0.410 e. The molecule has 10 nitrogen and oxygen atoms in total. The largest absolute Gasteiger partial charge is 0.492 e. The van der Waals surface area contributed by atoms with Crippen LogP contribution in [-0.2, 0) is 14.3 Å². The summed E-state index contributed by atoms with van der Waals surface area (Å²) in [4.78, 5) is 41.1. The van der Waals surface area contributed by atoms with Crippen LogP contribution in [0.1, 0.15) is 46.5 Å². The first kappa shape index (κ1) is 46.9. The lowest BCUT2D eigenvalue weighted by Crippen LogP contribution is -2.39. The highest BCUT2D eigenvalue weighted by molar-refractivity contribution is 14.1.